The van der Waals surface area contributed by atoms with Gasteiger partial charge in [0.2, 0.25) is 0 Å². The maximum atomic E-state index is 12.6. The van der Waals surface area contributed by atoms with Crippen molar-refractivity contribution in [3.63, 3.8) is 0 Å². The van der Waals surface area contributed by atoms with Crippen molar-refractivity contribution in [3.05, 3.63) is 48.2 Å². The number of aromatic nitrogens is 1. The Balaban J connectivity index is 1.46. The predicted molar refractivity (Wildman–Crippen MR) is 96.5 cm³/mol. The molecule has 1 N–H and O–H groups in total. The number of amides is 1. The first-order valence-corrected chi connectivity index (χ1v) is 8.69. The van der Waals surface area contributed by atoms with Gasteiger partial charge < -0.3 is 19.7 Å². The van der Waals surface area contributed by atoms with E-state index in [0.29, 0.717) is 36.8 Å². The minimum absolute atomic E-state index is 0.115. The molecule has 1 aromatic carbocycles. The van der Waals surface area contributed by atoms with Crippen molar-refractivity contribution in [3.8, 4) is 11.5 Å². The topological polar surface area (TPSA) is 63.7 Å². The number of ether oxygens (including phenoxy) is 2. The van der Waals surface area contributed by atoms with E-state index in [1.54, 1.807) is 31.4 Å². The molecule has 0 spiro atoms. The fourth-order valence-corrected chi connectivity index (χ4v) is 2.92. The summed E-state index contributed by atoms with van der Waals surface area (Å²) in [5.41, 5.74) is -0.781. The summed E-state index contributed by atoms with van der Waals surface area (Å²) in [6.07, 6.45) is -2.90. The third kappa shape index (κ3) is 5.05. The lowest BCUT2D eigenvalue weighted by Crippen LogP contribution is -2.39. The summed E-state index contributed by atoms with van der Waals surface area (Å²) in [6.45, 7) is 0.955. The fraction of sp³-hybridized carbons (Fsp3) is 0.368. The molecule has 6 nitrogen and oxygen atoms in total. The first-order valence-electron chi connectivity index (χ1n) is 8.69. The maximum Gasteiger partial charge on any atom is 0.417 e. The van der Waals surface area contributed by atoms with Crippen LogP contribution in [0.25, 0.3) is 0 Å². The second kappa shape index (κ2) is 8.37. The summed E-state index contributed by atoms with van der Waals surface area (Å²) in [7, 11) is 1.56. The van der Waals surface area contributed by atoms with Gasteiger partial charge in [-0.25, -0.2) is 4.98 Å². The van der Waals surface area contributed by atoms with Crippen LogP contribution < -0.4 is 19.7 Å². The Morgan fingerprint density at radius 1 is 1.21 bits per heavy atom. The highest BCUT2D eigenvalue weighted by molar-refractivity contribution is 5.78. The largest absolute Gasteiger partial charge is 0.497 e. The van der Waals surface area contributed by atoms with Crippen LogP contribution in [0, 0.1) is 0 Å². The Labute approximate surface area is 160 Å². The van der Waals surface area contributed by atoms with E-state index in [-0.39, 0.29) is 18.6 Å². The van der Waals surface area contributed by atoms with Gasteiger partial charge in [-0.05, 0) is 42.8 Å². The quantitative estimate of drug-likeness (QED) is 0.815. The first-order chi connectivity index (χ1) is 13.3. The van der Waals surface area contributed by atoms with Crippen LogP contribution in [0.3, 0.4) is 0 Å². The smallest absolute Gasteiger partial charge is 0.417 e. The highest BCUT2D eigenvalue weighted by Gasteiger charge is 2.31. The summed E-state index contributed by atoms with van der Waals surface area (Å²) in [5.74, 6) is 1.44. The van der Waals surface area contributed by atoms with Gasteiger partial charge in [0.1, 0.15) is 17.3 Å². The number of rotatable bonds is 6. The molecular formula is C19H20F3N3O3. The molecule has 1 aliphatic rings. The minimum atomic E-state index is -4.41. The van der Waals surface area contributed by atoms with Gasteiger partial charge in [0.25, 0.3) is 5.91 Å². The molecular weight excluding hydrogens is 375 g/mol. The summed E-state index contributed by atoms with van der Waals surface area (Å²) in [5, 5.41) is 2.87. The molecule has 0 saturated carbocycles. The molecule has 0 radical (unpaired) electrons. The summed E-state index contributed by atoms with van der Waals surface area (Å²) < 4.78 is 48.3. The van der Waals surface area contributed by atoms with Crippen molar-refractivity contribution in [2.24, 2.45) is 0 Å². The fourth-order valence-electron chi connectivity index (χ4n) is 2.92. The Kier molecular flexibility index (Phi) is 5.91. The number of nitrogens with zero attached hydrogens (tertiary/aromatic N) is 2. The maximum absolute atomic E-state index is 12.6. The van der Waals surface area contributed by atoms with Gasteiger partial charge in [0, 0.05) is 25.3 Å². The Hall–Kier alpha value is -2.97. The van der Waals surface area contributed by atoms with Gasteiger partial charge in [-0.3, -0.25) is 4.79 Å². The third-order valence-electron chi connectivity index (χ3n) is 4.38. The van der Waals surface area contributed by atoms with Crippen LogP contribution >= 0.6 is 0 Å². The molecule has 1 aromatic heterocycles. The molecule has 3 rings (SSSR count). The average molecular weight is 395 g/mol. The lowest BCUT2D eigenvalue weighted by Gasteiger charge is -2.18. The number of anilines is 1. The summed E-state index contributed by atoms with van der Waals surface area (Å²) >= 11 is 0. The van der Waals surface area contributed by atoms with Crippen LogP contribution in [-0.4, -0.2) is 43.7 Å². The van der Waals surface area contributed by atoms with E-state index in [1.165, 1.54) is 6.07 Å². The zero-order valence-electron chi connectivity index (χ0n) is 15.2. The predicted octanol–water partition coefficient (Wildman–Crippen LogP) is 2.88. The van der Waals surface area contributed by atoms with Crippen LogP contribution in [0.1, 0.15) is 12.0 Å². The molecule has 150 valence electrons. The lowest BCUT2D eigenvalue weighted by molar-refractivity contribution is -0.137. The Morgan fingerprint density at radius 3 is 2.54 bits per heavy atom. The van der Waals surface area contributed by atoms with Crippen molar-refractivity contribution >= 4 is 11.7 Å². The first kappa shape index (κ1) is 19.8. The van der Waals surface area contributed by atoms with Gasteiger partial charge >= 0.3 is 6.18 Å². The number of hydrogen-bond donors (Lipinski definition) is 1. The van der Waals surface area contributed by atoms with Gasteiger partial charge in [-0.1, -0.05) is 0 Å². The van der Waals surface area contributed by atoms with Gasteiger partial charge in [0.15, 0.2) is 6.61 Å². The molecule has 0 aliphatic carbocycles. The number of hydrogen-bond acceptors (Lipinski definition) is 5. The average Bonchev–Trinajstić information content (AvgIpc) is 3.14. The lowest BCUT2D eigenvalue weighted by atomic mass is 10.2. The van der Waals surface area contributed by atoms with E-state index in [1.807, 2.05) is 4.90 Å². The second-order valence-corrected chi connectivity index (χ2v) is 6.37. The van der Waals surface area contributed by atoms with Crippen LogP contribution in [0.15, 0.2) is 42.6 Å². The molecule has 0 bridgehead atoms. The van der Waals surface area contributed by atoms with Gasteiger partial charge in [0.05, 0.1) is 12.7 Å². The minimum Gasteiger partial charge on any atom is -0.497 e. The van der Waals surface area contributed by atoms with Crippen molar-refractivity contribution < 1.29 is 27.4 Å². The monoisotopic (exact) mass is 395 g/mol. The zero-order valence-corrected chi connectivity index (χ0v) is 15.2. The SMILES string of the molecule is COc1ccc(OCC(=O)NC2CCN(c3ccc(C(F)(F)F)cn3)C2)cc1. The molecule has 1 unspecified atom stereocenters. The molecule has 28 heavy (non-hydrogen) atoms. The van der Waals surface area contributed by atoms with Crippen LogP contribution in [0.5, 0.6) is 11.5 Å². The highest BCUT2D eigenvalue weighted by Crippen LogP contribution is 2.29. The molecule has 1 aliphatic heterocycles. The third-order valence-corrected chi connectivity index (χ3v) is 4.38. The van der Waals surface area contributed by atoms with Crippen molar-refractivity contribution in [1.82, 2.24) is 10.3 Å². The molecule has 1 fully saturated rings. The zero-order chi connectivity index (χ0) is 20.1. The number of alkyl halides is 3. The Morgan fingerprint density at radius 2 is 1.93 bits per heavy atom. The van der Waals surface area contributed by atoms with E-state index >= 15 is 0 Å². The number of carbonyl (C=O) groups is 1. The number of pyridine rings is 1. The van der Waals surface area contributed by atoms with E-state index < -0.39 is 11.7 Å². The number of halogens is 3. The van der Waals surface area contributed by atoms with E-state index in [9.17, 15) is 18.0 Å². The highest BCUT2D eigenvalue weighted by atomic mass is 19.4. The summed E-state index contributed by atoms with van der Waals surface area (Å²) in [6, 6.07) is 9.13. The van der Waals surface area contributed by atoms with Crippen molar-refractivity contribution in [2.75, 3.05) is 31.7 Å². The Bertz CT molecular complexity index is 795. The number of carbonyl (C=O) groups excluding carboxylic acids is 1. The molecule has 2 heterocycles. The van der Waals surface area contributed by atoms with Crippen LogP contribution in [0.4, 0.5) is 19.0 Å². The van der Waals surface area contributed by atoms with Crippen LogP contribution in [-0.2, 0) is 11.0 Å². The summed E-state index contributed by atoms with van der Waals surface area (Å²) in [4.78, 5) is 17.8. The van der Waals surface area contributed by atoms with Crippen LogP contribution in [0.2, 0.25) is 0 Å². The van der Waals surface area contributed by atoms with E-state index in [0.717, 1.165) is 12.3 Å². The number of nitrogens with one attached hydrogen (secondary N) is 1. The molecule has 9 heteroatoms. The number of methoxy groups -OCH3 is 1. The van der Waals surface area contributed by atoms with E-state index in [4.69, 9.17) is 9.47 Å². The number of benzene rings is 1. The van der Waals surface area contributed by atoms with Gasteiger partial charge in [-0.15, -0.1) is 0 Å². The van der Waals surface area contributed by atoms with Crippen molar-refractivity contribution in [1.29, 1.82) is 0 Å². The van der Waals surface area contributed by atoms with E-state index in [2.05, 4.69) is 10.3 Å². The molecule has 1 saturated heterocycles. The van der Waals surface area contributed by atoms with Crippen molar-refractivity contribution in [2.45, 2.75) is 18.6 Å². The standard InChI is InChI=1S/C19H20F3N3O3/c1-27-15-3-5-16(6-4-15)28-12-18(26)24-14-8-9-25(11-14)17-7-2-13(10-23-17)19(20,21)22/h2-7,10,14H,8-9,11-12H2,1H3,(H,24,26). The second-order valence-electron chi connectivity index (χ2n) is 6.37. The normalized spacial score (nSPS) is 16.7. The molecule has 1 amide bonds. The van der Waals surface area contributed by atoms with Gasteiger partial charge in [-0.2, -0.15) is 13.2 Å². The molecule has 1 atom stereocenters. The molecule has 2 aromatic rings.